The van der Waals surface area contributed by atoms with Crippen LogP contribution in [0, 0.1) is 11.6 Å². The molecular weight excluding hydrogens is 294 g/mol. The Morgan fingerprint density at radius 1 is 1.00 bits per heavy atom. The van der Waals surface area contributed by atoms with Crippen molar-refractivity contribution in [1.82, 2.24) is 0 Å². The molecule has 7 heteroatoms. The van der Waals surface area contributed by atoms with Crippen LogP contribution in [0.5, 0.6) is 11.5 Å². The van der Waals surface area contributed by atoms with E-state index in [4.69, 9.17) is 9.47 Å². The molecule has 2 aromatic rings. The van der Waals surface area contributed by atoms with Crippen molar-refractivity contribution >= 4 is 17.4 Å². The van der Waals surface area contributed by atoms with Gasteiger partial charge in [0.15, 0.2) is 0 Å². The molecule has 2 rings (SSSR count). The van der Waals surface area contributed by atoms with Crippen LogP contribution < -0.4 is 20.1 Å². The Hall–Kier alpha value is -2.83. The van der Waals surface area contributed by atoms with Gasteiger partial charge in [-0.05, 0) is 24.3 Å². The largest absolute Gasteiger partial charge is 0.494 e. The first kappa shape index (κ1) is 15.6. The van der Waals surface area contributed by atoms with E-state index >= 15 is 0 Å². The monoisotopic (exact) mass is 308 g/mol. The lowest BCUT2D eigenvalue weighted by molar-refractivity contribution is 0.261. The number of hydrogen-bond donors (Lipinski definition) is 2. The number of benzene rings is 2. The van der Waals surface area contributed by atoms with Crippen molar-refractivity contribution in [3.8, 4) is 11.5 Å². The van der Waals surface area contributed by atoms with Crippen LogP contribution in [0.1, 0.15) is 0 Å². The molecule has 116 valence electrons. The summed E-state index contributed by atoms with van der Waals surface area (Å²) in [4.78, 5) is 12.0. The molecule has 22 heavy (non-hydrogen) atoms. The van der Waals surface area contributed by atoms with Crippen LogP contribution in [0.15, 0.2) is 36.4 Å². The summed E-state index contributed by atoms with van der Waals surface area (Å²) in [7, 11) is 2.87. The summed E-state index contributed by atoms with van der Waals surface area (Å²) in [6.45, 7) is 0. The lowest BCUT2D eigenvalue weighted by Gasteiger charge is -2.14. The van der Waals surface area contributed by atoms with Crippen molar-refractivity contribution in [2.75, 3.05) is 24.9 Å². The third kappa shape index (κ3) is 3.43. The molecule has 0 aromatic heterocycles. The number of anilines is 2. The summed E-state index contributed by atoms with van der Waals surface area (Å²) in [6.07, 6.45) is 0. The van der Waals surface area contributed by atoms with Crippen LogP contribution in [0.2, 0.25) is 0 Å². The molecule has 0 aliphatic heterocycles. The van der Waals surface area contributed by atoms with E-state index < -0.39 is 17.7 Å². The Bertz CT molecular complexity index is 670. The molecule has 2 N–H and O–H groups in total. The van der Waals surface area contributed by atoms with Gasteiger partial charge in [0.1, 0.15) is 28.8 Å². The van der Waals surface area contributed by atoms with Gasteiger partial charge >= 0.3 is 6.03 Å². The highest BCUT2D eigenvalue weighted by Crippen LogP contribution is 2.34. The zero-order valence-corrected chi connectivity index (χ0v) is 11.9. The summed E-state index contributed by atoms with van der Waals surface area (Å²) in [5.41, 5.74) is 0.00757. The molecule has 2 amide bonds. The number of urea groups is 1. The molecule has 0 spiro atoms. The zero-order valence-electron chi connectivity index (χ0n) is 11.9. The average Bonchev–Trinajstić information content (AvgIpc) is 2.51. The summed E-state index contributed by atoms with van der Waals surface area (Å²) < 4.78 is 36.8. The maximum atomic E-state index is 13.5. The van der Waals surface area contributed by atoms with Crippen molar-refractivity contribution in [1.29, 1.82) is 0 Å². The Balaban J connectivity index is 2.20. The maximum absolute atomic E-state index is 13.5. The fraction of sp³-hybridized carbons (Fsp3) is 0.133. The fourth-order valence-electron chi connectivity index (χ4n) is 1.83. The Morgan fingerprint density at radius 2 is 1.64 bits per heavy atom. The first-order chi connectivity index (χ1) is 10.5. The number of para-hydroxylation sites is 1. The van der Waals surface area contributed by atoms with Crippen LogP contribution in [-0.4, -0.2) is 20.3 Å². The number of hydrogen-bond acceptors (Lipinski definition) is 3. The van der Waals surface area contributed by atoms with Crippen LogP contribution in [0.25, 0.3) is 0 Å². The second-order valence-corrected chi connectivity index (χ2v) is 4.24. The highest BCUT2D eigenvalue weighted by atomic mass is 19.1. The number of amides is 2. The first-order valence-electron chi connectivity index (χ1n) is 6.29. The quantitative estimate of drug-likeness (QED) is 0.907. The van der Waals surface area contributed by atoms with Crippen molar-refractivity contribution in [2.24, 2.45) is 0 Å². The van der Waals surface area contributed by atoms with Gasteiger partial charge in [0.05, 0.1) is 19.9 Å². The highest BCUT2D eigenvalue weighted by Gasteiger charge is 2.14. The van der Waals surface area contributed by atoms with E-state index in [0.29, 0.717) is 11.5 Å². The molecule has 0 bridgehead atoms. The van der Waals surface area contributed by atoms with E-state index in [-0.39, 0.29) is 11.4 Å². The van der Waals surface area contributed by atoms with Gasteiger partial charge in [0.2, 0.25) is 0 Å². The van der Waals surface area contributed by atoms with Gasteiger partial charge in [-0.1, -0.05) is 6.07 Å². The number of carbonyl (C=O) groups excluding carboxylic acids is 1. The van der Waals surface area contributed by atoms with E-state index in [0.717, 1.165) is 18.2 Å². The molecule has 0 fully saturated rings. The van der Waals surface area contributed by atoms with Crippen LogP contribution in [0.3, 0.4) is 0 Å². The van der Waals surface area contributed by atoms with Crippen LogP contribution in [0.4, 0.5) is 25.0 Å². The first-order valence-corrected chi connectivity index (χ1v) is 6.29. The smallest absolute Gasteiger partial charge is 0.323 e. The van der Waals surface area contributed by atoms with Gasteiger partial charge < -0.3 is 20.1 Å². The topological polar surface area (TPSA) is 59.6 Å². The molecule has 0 saturated carbocycles. The van der Waals surface area contributed by atoms with E-state index in [9.17, 15) is 13.6 Å². The number of rotatable bonds is 4. The lowest BCUT2D eigenvalue weighted by atomic mass is 10.2. The number of carbonyl (C=O) groups is 1. The van der Waals surface area contributed by atoms with Crippen LogP contribution >= 0.6 is 0 Å². The van der Waals surface area contributed by atoms with Crippen molar-refractivity contribution in [3.63, 3.8) is 0 Å². The zero-order chi connectivity index (χ0) is 16.1. The maximum Gasteiger partial charge on any atom is 0.323 e. The molecule has 2 aromatic carbocycles. The van der Waals surface area contributed by atoms with Gasteiger partial charge in [0, 0.05) is 6.07 Å². The number of ether oxygens (including phenoxy) is 2. The number of methoxy groups -OCH3 is 2. The van der Waals surface area contributed by atoms with Crippen molar-refractivity contribution in [2.45, 2.75) is 0 Å². The Kier molecular flexibility index (Phi) is 4.77. The molecule has 0 saturated heterocycles. The summed E-state index contributed by atoms with van der Waals surface area (Å²) in [5.74, 6) is -0.668. The second kappa shape index (κ2) is 6.75. The van der Waals surface area contributed by atoms with Gasteiger partial charge in [0.25, 0.3) is 0 Å². The Labute approximate surface area is 125 Å². The molecular formula is C15H14F2N2O3. The van der Waals surface area contributed by atoms with Gasteiger partial charge in [-0.2, -0.15) is 0 Å². The van der Waals surface area contributed by atoms with E-state index in [1.54, 1.807) is 18.2 Å². The molecule has 5 nitrogen and oxygen atoms in total. The normalized spacial score (nSPS) is 10.0. The molecule has 0 aliphatic rings. The predicted octanol–water partition coefficient (Wildman–Crippen LogP) is 3.63. The Morgan fingerprint density at radius 3 is 2.23 bits per heavy atom. The van der Waals surface area contributed by atoms with Gasteiger partial charge in [-0.15, -0.1) is 0 Å². The molecule has 0 atom stereocenters. The van der Waals surface area contributed by atoms with E-state index in [1.165, 1.54) is 14.2 Å². The minimum atomic E-state index is -0.757. The van der Waals surface area contributed by atoms with E-state index in [2.05, 4.69) is 10.6 Å². The summed E-state index contributed by atoms with van der Waals surface area (Å²) in [5, 5.41) is 4.71. The second-order valence-electron chi connectivity index (χ2n) is 4.24. The number of nitrogens with one attached hydrogen (secondary N) is 2. The molecule has 0 radical (unpaired) electrons. The lowest BCUT2D eigenvalue weighted by Crippen LogP contribution is -2.21. The predicted molar refractivity (Wildman–Crippen MR) is 78.5 cm³/mol. The minimum absolute atomic E-state index is 0.272. The van der Waals surface area contributed by atoms with Crippen molar-refractivity contribution < 1.29 is 23.0 Å². The average molecular weight is 308 g/mol. The third-order valence-corrected chi connectivity index (χ3v) is 2.84. The minimum Gasteiger partial charge on any atom is -0.494 e. The number of halogens is 2. The van der Waals surface area contributed by atoms with E-state index in [1.807, 2.05) is 0 Å². The third-order valence-electron chi connectivity index (χ3n) is 2.84. The highest BCUT2D eigenvalue weighted by molar-refractivity contribution is 6.01. The molecule has 0 aliphatic carbocycles. The SMILES string of the molecule is COc1cccc(OC)c1NC(=O)Nc1cc(F)ccc1F. The summed E-state index contributed by atoms with van der Waals surface area (Å²) in [6, 6.07) is 6.95. The standard InChI is InChI=1S/C15H14F2N2O3/c1-21-12-4-3-5-13(22-2)14(12)19-15(20)18-11-8-9(16)6-7-10(11)17/h3-8H,1-2H3,(H2,18,19,20). The summed E-state index contributed by atoms with van der Waals surface area (Å²) >= 11 is 0. The fourth-order valence-corrected chi connectivity index (χ4v) is 1.83. The van der Waals surface area contributed by atoms with Gasteiger partial charge in [-0.3, -0.25) is 0 Å². The van der Waals surface area contributed by atoms with Gasteiger partial charge in [-0.25, -0.2) is 13.6 Å². The molecule has 0 heterocycles. The molecule has 0 unspecified atom stereocenters. The van der Waals surface area contributed by atoms with Crippen molar-refractivity contribution in [3.05, 3.63) is 48.0 Å². The van der Waals surface area contributed by atoms with Crippen LogP contribution in [-0.2, 0) is 0 Å².